The molecule has 0 saturated heterocycles. The lowest BCUT2D eigenvalue weighted by atomic mass is 9.95. The highest BCUT2D eigenvalue weighted by atomic mass is 16.5. The molecule has 128 valence electrons. The van der Waals surface area contributed by atoms with Crippen molar-refractivity contribution >= 4 is 22.6 Å². The van der Waals surface area contributed by atoms with Gasteiger partial charge in [-0.2, -0.15) is 0 Å². The van der Waals surface area contributed by atoms with E-state index >= 15 is 0 Å². The van der Waals surface area contributed by atoms with Gasteiger partial charge in [0.25, 0.3) is 0 Å². The highest BCUT2D eigenvalue weighted by Crippen LogP contribution is 2.38. The van der Waals surface area contributed by atoms with Crippen molar-refractivity contribution in [1.82, 2.24) is 9.88 Å². The molecule has 2 aromatic rings. The first-order chi connectivity index (χ1) is 11.4. The fourth-order valence-corrected chi connectivity index (χ4v) is 3.66. The Morgan fingerprint density at radius 2 is 2.04 bits per heavy atom. The van der Waals surface area contributed by atoms with Gasteiger partial charge in [-0.05, 0) is 31.0 Å². The van der Waals surface area contributed by atoms with E-state index in [4.69, 9.17) is 4.74 Å². The van der Waals surface area contributed by atoms with E-state index in [1.807, 2.05) is 37.8 Å². The number of hydrogen-bond donors (Lipinski definition) is 1. The van der Waals surface area contributed by atoms with Crippen LogP contribution in [-0.4, -0.2) is 35.2 Å². The molecule has 0 fully saturated rings. The van der Waals surface area contributed by atoms with Crippen LogP contribution in [0.3, 0.4) is 0 Å². The number of fused-ring (bicyclic) bond motifs is 3. The number of ether oxygens (including phenoxy) is 1. The van der Waals surface area contributed by atoms with E-state index in [0.717, 1.165) is 23.0 Å². The number of Topliss-reactive ketones (excluding diaryl/α,β-unsaturated/α-hetero) is 1. The summed E-state index contributed by atoms with van der Waals surface area (Å²) >= 11 is 0. The Labute approximate surface area is 142 Å². The van der Waals surface area contributed by atoms with Gasteiger partial charge in [0.05, 0.1) is 24.2 Å². The summed E-state index contributed by atoms with van der Waals surface area (Å²) in [5.41, 5.74) is 3.67. The minimum Gasteiger partial charge on any atom is -0.496 e. The molecule has 1 aliphatic heterocycles. The van der Waals surface area contributed by atoms with E-state index in [0.29, 0.717) is 17.9 Å². The zero-order chi connectivity index (χ0) is 17.6. The van der Waals surface area contributed by atoms with Crippen LogP contribution in [0.5, 0.6) is 5.75 Å². The second-order valence-corrected chi connectivity index (χ2v) is 6.74. The smallest absolute Gasteiger partial charge is 0.220 e. The van der Waals surface area contributed by atoms with Gasteiger partial charge < -0.3 is 14.6 Å². The van der Waals surface area contributed by atoms with Crippen molar-refractivity contribution in [2.75, 3.05) is 13.7 Å². The van der Waals surface area contributed by atoms with Crippen molar-refractivity contribution in [2.24, 2.45) is 5.92 Å². The van der Waals surface area contributed by atoms with Crippen molar-refractivity contribution in [3.8, 4) is 5.75 Å². The number of rotatable bonds is 3. The number of nitrogens with one attached hydrogen (secondary N) is 1. The zero-order valence-corrected chi connectivity index (χ0v) is 14.9. The Hall–Kier alpha value is -2.30. The van der Waals surface area contributed by atoms with Gasteiger partial charge in [-0.25, -0.2) is 0 Å². The monoisotopic (exact) mass is 328 g/mol. The fourth-order valence-electron chi connectivity index (χ4n) is 3.66. The van der Waals surface area contributed by atoms with Gasteiger partial charge >= 0.3 is 0 Å². The Bertz CT molecular complexity index is 820. The Morgan fingerprint density at radius 1 is 1.33 bits per heavy atom. The first-order valence-corrected chi connectivity index (χ1v) is 8.39. The molecule has 0 bridgehead atoms. The molecule has 1 unspecified atom stereocenters. The van der Waals surface area contributed by atoms with Crippen LogP contribution in [0, 0.1) is 5.92 Å². The van der Waals surface area contributed by atoms with E-state index in [1.54, 1.807) is 14.0 Å². The zero-order valence-electron chi connectivity index (χ0n) is 14.9. The fraction of sp³-hybridized carbons (Fsp3) is 0.474. The third-order valence-corrected chi connectivity index (χ3v) is 4.96. The molecule has 0 radical (unpaired) electrons. The standard InChI is InChI=1S/C19H24N2O3/c1-10(2)19(23)16-15(24-5)7-6-13-14-8-9-21(12(4)22)11(3)17(14)20-18(13)16/h6-7,10-11,20H,8-9H2,1-5H3. The number of hydrogen-bond acceptors (Lipinski definition) is 3. The molecule has 1 aromatic carbocycles. The van der Waals surface area contributed by atoms with Crippen LogP contribution in [0.1, 0.15) is 55.4 Å². The molecular weight excluding hydrogens is 304 g/mol. The first kappa shape index (κ1) is 16.6. The van der Waals surface area contributed by atoms with Crippen LogP contribution in [0.15, 0.2) is 12.1 Å². The molecule has 1 atom stereocenters. The first-order valence-electron chi connectivity index (χ1n) is 8.39. The summed E-state index contributed by atoms with van der Waals surface area (Å²) in [5, 5.41) is 1.06. The number of amides is 1. The lowest BCUT2D eigenvalue weighted by Gasteiger charge is -2.32. The third kappa shape index (κ3) is 2.39. The average Bonchev–Trinajstić information content (AvgIpc) is 2.92. The van der Waals surface area contributed by atoms with E-state index in [-0.39, 0.29) is 23.7 Å². The number of carbonyl (C=O) groups is 2. The van der Waals surface area contributed by atoms with Crippen LogP contribution in [-0.2, 0) is 11.2 Å². The lowest BCUT2D eigenvalue weighted by molar-refractivity contribution is -0.131. The minimum atomic E-state index is -0.115. The Kier molecular flexibility index (Phi) is 4.11. The predicted molar refractivity (Wildman–Crippen MR) is 93.5 cm³/mol. The van der Waals surface area contributed by atoms with Crippen molar-refractivity contribution in [2.45, 2.75) is 40.2 Å². The SMILES string of the molecule is COc1ccc2c3c([nH]c2c1C(=O)C(C)C)C(C)N(C(C)=O)CC3. The van der Waals surface area contributed by atoms with Gasteiger partial charge in [-0.3, -0.25) is 9.59 Å². The maximum absolute atomic E-state index is 12.7. The van der Waals surface area contributed by atoms with Crippen molar-refractivity contribution in [3.63, 3.8) is 0 Å². The molecule has 1 N–H and O–H groups in total. The van der Waals surface area contributed by atoms with Crippen LogP contribution in [0.4, 0.5) is 0 Å². The molecule has 1 aliphatic rings. The molecule has 1 aromatic heterocycles. The topological polar surface area (TPSA) is 62.4 Å². The second kappa shape index (κ2) is 5.96. The minimum absolute atomic E-state index is 0.0216. The predicted octanol–water partition coefficient (Wildman–Crippen LogP) is 3.48. The lowest BCUT2D eigenvalue weighted by Crippen LogP contribution is -2.37. The highest BCUT2D eigenvalue weighted by molar-refractivity contribution is 6.11. The van der Waals surface area contributed by atoms with Crippen LogP contribution >= 0.6 is 0 Å². The number of nitrogens with zero attached hydrogens (tertiary/aromatic N) is 1. The van der Waals surface area contributed by atoms with Crippen LogP contribution < -0.4 is 4.74 Å². The molecule has 5 heteroatoms. The van der Waals surface area contributed by atoms with Crippen LogP contribution in [0.25, 0.3) is 10.9 Å². The molecule has 0 spiro atoms. The number of ketones is 1. The largest absolute Gasteiger partial charge is 0.496 e. The van der Waals surface area contributed by atoms with E-state index < -0.39 is 0 Å². The highest BCUT2D eigenvalue weighted by Gasteiger charge is 2.31. The summed E-state index contributed by atoms with van der Waals surface area (Å²) < 4.78 is 5.44. The second-order valence-electron chi connectivity index (χ2n) is 6.74. The molecule has 3 rings (SSSR count). The summed E-state index contributed by atoms with van der Waals surface area (Å²) in [4.78, 5) is 29.9. The quantitative estimate of drug-likeness (QED) is 0.877. The third-order valence-electron chi connectivity index (χ3n) is 4.96. The number of aromatic nitrogens is 1. The summed E-state index contributed by atoms with van der Waals surface area (Å²) in [7, 11) is 1.58. The molecule has 24 heavy (non-hydrogen) atoms. The molecule has 1 amide bonds. The van der Waals surface area contributed by atoms with Crippen molar-refractivity contribution in [3.05, 3.63) is 29.0 Å². The molecule has 5 nitrogen and oxygen atoms in total. The van der Waals surface area contributed by atoms with Gasteiger partial charge in [0, 0.05) is 30.5 Å². The van der Waals surface area contributed by atoms with E-state index in [9.17, 15) is 9.59 Å². The summed E-state index contributed by atoms with van der Waals surface area (Å²) in [5.74, 6) is 0.613. The summed E-state index contributed by atoms with van der Waals surface area (Å²) in [6, 6.07) is 3.86. The number of carbonyl (C=O) groups excluding carboxylic acids is 2. The summed E-state index contributed by atoms with van der Waals surface area (Å²) in [6.07, 6.45) is 0.793. The van der Waals surface area contributed by atoms with Gasteiger partial charge in [0.1, 0.15) is 5.75 Å². The molecule has 0 aliphatic carbocycles. The van der Waals surface area contributed by atoms with Crippen molar-refractivity contribution < 1.29 is 14.3 Å². The van der Waals surface area contributed by atoms with Crippen LogP contribution in [0.2, 0.25) is 0 Å². The van der Waals surface area contributed by atoms with Gasteiger partial charge in [-0.1, -0.05) is 13.8 Å². The van der Waals surface area contributed by atoms with Crippen molar-refractivity contribution in [1.29, 1.82) is 0 Å². The molecule has 2 heterocycles. The Balaban J connectivity index is 2.24. The normalized spacial score (nSPS) is 17.2. The number of methoxy groups -OCH3 is 1. The number of benzene rings is 1. The number of H-pyrrole nitrogens is 1. The average molecular weight is 328 g/mol. The van der Waals surface area contributed by atoms with Gasteiger partial charge in [-0.15, -0.1) is 0 Å². The number of aromatic amines is 1. The molecule has 0 saturated carbocycles. The maximum Gasteiger partial charge on any atom is 0.220 e. The summed E-state index contributed by atoms with van der Waals surface area (Å²) in [6.45, 7) is 8.11. The van der Waals surface area contributed by atoms with Gasteiger partial charge in [0.2, 0.25) is 5.91 Å². The Morgan fingerprint density at radius 3 is 2.62 bits per heavy atom. The molecular formula is C19H24N2O3. The van der Waals surface area contributed by atoms with E-state index in [2.05, 4.69) is 4.98 Å². The maximum atomic E-state index is 12.7. The van der Waals surface area contributed by atoms with Gasteiger partial charge in [0.15, 0.2) is 5.78 Å². The van der Waals surface area contributed by atoms with E-state index in [1.165, 1.54) is 5.56 Å².